The normalized spacial score (nSPS) is 16.4. The zero-order valence-corrected chi connectivity index (χ0v) is 12.3. The van der Waals surface area contributed by atoms with Gasteiger partial charge in [0, 0.05) is 6.42 Å². The summed E-state index contributed by atoms with van der Waals surface area (Å²) in [7, 11) is 0. The number of ether oxygens (including phenoxy) is 1. The van der Waals surface area contributed by atoms with Crippen LogP contribution < -0.4 is 5.32 Å². The van der Waals surface area contributed by atoms with E-state index in [2.05, 4.69) is 15.4 Å². The number of carboxylic acid groups (broad SMARTS) is 1. The smallest absolute Gasteiger partial charge is 0.414 e. The van der Waals surface area contributed by atoms with E-state index in [0.29, 0.717) is 18.7 Å². The summed E-state index contributed by atoms with van der Waals surface area (Å²) in [5.74, 6) is -0.519. The standard InChI is InChI=1S/C15H16N4O4/c20-13(21)11-6-7-12-16-14(18-19(12)8-11)17-15(22)23-9-10-4-2-1-3-5-10/h1-5,11H,6-9H2,(H,20,21)(H,17,18,22). The van der Waals surface area contributed by atoms with Crippen LogP contribution in [0.25, 0.3) is 0 Å². The highest BCUT2D eigenvalue weighted by molar-refractivity contribution is 5.82. The molecule has 2 heterocycles. The molecule has 1 aromatic carbocycles. The first-order valence-corrected chi connectivity index (χ1v) is 7.26. The summed E-state index contributed by atoms with van der Waals surface area (Å²) >= 11 is 0. The fourth-order valence-corrected chi connectivity index (χ4v) is 2.41. The largest absolute Gasteiger partial charge is 0.481 e. The van der Waals surface area contributed by atoms with E-state index < -0.39 is 18.0 Å². The third-order valence-corrected chi connectivity index (χ3v) is 3.63. The second kappa shape index (κ2) is 6.47. The number of aromatic nitrogens is 3. The number of carboxylic acids is 1. The number of hydrogen-bond acceptors (Lipinski definition) is 5. The number of aliphatic carboxylic acids is 1. The van der Waals surface area contributed by atoms with Gasteiger partial charge in [-0.25, -0.2) is 9.48 Å². The van der Waals surface area contributed by atoms with Gasteiger partial charge in [-0.05, 0) is 12.0 Å². The number of nitrogens with zero attached hydrogens (tertiary/aromatic N) is 3. The van der Waals surface area contributed by atoms with E-state index >= 15 is 0 Å². The Labute approximate surface area is 132 Å². The number of benzene rings is 1. The third kappa shape index (κ3) is 3.65. The Morgan fingerprint density at radius 3 is 2.87 bits per heavy atom. The highest BCUT2D eigenvalue weighted by Gasteiger charge is 2.26. The molecule has 0 aliphatic carbocycles. The second-order valence-corrected chi connectivity index (χ2v) is 5.29. The second-order valence-electron chi connectivity index (χ2n) is 5.29. The van der Waals surface area contributed by atoms with Gasteiger partial charge in [-0.15, -0.1) is 5.10 Å². The molecule has 1 aliphatic rings. The first-order valence-electron chi connectivity index (χ1n) is 7.26. The maximum Gasteiger partial charge on any atom is 0.414 e. The van der Waals surface area contributed by atoms with Gasteiger partial charge < -0.3 is 9.84 Å². The van der Waals surface area contributed by atoms with E-state index in [-0.39, 0.29) is 19.1 Å². The number of carbonyl (C=O) groups excluding carboxylic acids is 1. The van der Waals surface area contributed by atoms with Gasteiger partial charge in [-0.3, -0.25) is 10.1 Å². The van der Waals surface area contributed by atoms with Crippen molar-refractivity contribution in [3.63, 3.8) is 0 Å². The van der Waals surface area contributed by atoms with Crippen molar-refractivity contribution in [2.75, 3.05) is 5.32 Å². The van der Waals surface area contributed by atoms with E-state index in [9.17, 15) is 9.59 Å². The summed E-state index contributed by atoms with van der Waals surface area (Å²) in [6, 6.07) is 9.31. The first kappa shape index (κ1) is 15.0. The number of aryl methyl sites for hydroxylation is 1. The van der Waals surface area contributed by atoms with Crippen molar-refractivity contribution in [1.29, 1.82) is 0 Å². The van der Waals surface area contributed by atoms with Gasteiger partial charge in [0.25, 0.3) is 5.95 Å². The summed E-state index contributed by atoms with van der Waals surface area (Å²) in [6.07, 6.45) is 0.392. The number of rotatable bonds is 4. The van der Waals surface area contributed by atoms with Gasteiger partial charge in [0.2, 0.25) is 0 Å². The van der Waals surface area contributed by atoms with Gasteiger partial charge in [0.15, 0.2) is 0 Å². The van der Waals surface area contributed by atoms with Crippen LogP contribution in [0.5, 0.6) is 0 Å². The molecule has 1 aromatic heterocycles. The summed E-state index contributed by atoms with van der Waals surface area (Å²) in [4.78, 5) is 27.0. The number of hydrogen-bond donors (Lipinski definition) is 2. The molecular formula is C15H16N4O4. The van der Waals surface area contributed by atoms with Gasteiger partial charge in [0.1, 0.15) is 12.4 Å². The fraction of sp³-hybridized carbons (Fsp3) is 0.333. The van der Waals surface area contributed by atoms with Gasteiger partial charge in [0.05, 0.1) is 12.5 Å². The van der Waals surface area contributed by atoms with Crippen LogP contribution in [-0.4, -0.2) is 31.9 Å². The zero-order chi connectivity index (χ0) is 16.2. The predicted molar refractivity (Wildman–Crippen MR) is 79.7 cm³/mol. The van der Waals surface area contributed by atoms with E-state index in [1.54, 1.807) is 0 Å². The number of carbonyl (C=O) groups is 2. The lowest BCUT2D eigenvalue weighted by atomic mass is 10.0. The van der Waals surface area contributed by atoms with Crippen LogP contribution in [0.4, 0.5) is 10.7 Å². The molecule has 0 saturated heterocycles. The monoisotopic (exact) mass is 316 g/mol. The quantitative estimate of drug-likeness (QED) is 0.888. The van der Waals surface area contributed by atoms with Crippen molar-refractivity contribution in [2.24, 2.45) is 5.92 Å². The molecule has 8 heteroatoms. The highest BCUT2D eigenvalue weighted by atomic mass is 16.5. The molecule has 2 N–H and O–H groups in total. The lowest BCUT2D eigenvalue weighted by molar-refractivity contribution is -0.142. The van der Waals surface area contributed by atoms with Gasteiger partial charge in [-0.1, -0.05) is 30.3 Å². The maximum atomic E-state index is 11.8. The minimum Gasteiger partial charge on any atom is -0.481 e. The Morgan fingerprint density at radius 2 is 2.13 bits per heavy atom. The van der Waals surface area contributed by atoms with Crippen LogP contribution >= 0.6 is 0 Å². The number of amides is 1. The summed E-state index contributed by atoms with van der Waals surface area (Å²) in [5, 5.41) is 15.6. The average Bonchev–Trinajstić information content (AvgIpc) is 2.95. The molecule has 8 nitrogen and oxygen atoms in total. The summed E-state index contributed by atoms with van der Waals surface area (Å²) in [6.45, 7) is 0.416. The summed E-state index contributed by atoms with van der Waals surface area (Å²) < 4.78 is 6.61. The fourth-order valence-electron chi connectivity index (χ4n) is 2.41. The molecule has 23 heavy (non-hydrogen) atoms. The van der Waals surface area contributed by atoms with Crippen LogP contribution in [-0.2, 0) is 29.1 Å². The lowest BCUT2D eigenvalue weighted by Crippen LogP contribution is -2.27. The molecule has 120 valence electrons. The van der Waals surface area contributed by atoms with E-state index in [1.165, 1.54) is 4.68 Å². The molecule has 1 amide bonds. The van der Waals surface area contributed by atoms with Crippen LogP contribution in [0.1, 0.15) is 17.8 Å². The van der Waals surface area contributed by atoms with Crippen LogP contribution in [0.3, 0.4) is 0 Å². The Bertz CT molecular complexity index is 714. The zero-order valence-electron chi connectivity index (χ0n) is 12.3. The van der Waals surface area contributed by atoms with Crippen molar-refractivity contribution in [3.05, 3.63) is 41.7 Å². The van der Waals surface area contributed by atoms with Crippen molar-refractivity contribution >= 4 is 18.0 Å². The number of fused-ring (bicyclic) bond motifs is 1. The van der Waals surface area contributed by atoms with Crippen molar-refractivity contribution in [3.8, 4) is 0 Å². The Balaban J connectivity index is 1.56. The van der Waals surface area contributed by atoms with Crippen molar-refractivity contribution < 1.29 is 19.4 Å². The SMILES string of the molecule is O=C(Nc1nc2n(n1)CC(C(=O)O)CC2)OCc1ccccc1. The van der Waals surface area contributed by atoms with E-state index in [1.807, 2.05) is 30.3 Å². The topological polar surface area (TPSA) is 106 Å². The van der Waals surface area contributed by atoms with Gasteiger partial charge in [-0.2, -0.15) is 4.98 Å². The molecule has 1 atom stereocenters. The molecule has 0 saturated carbocycles. The minimum absolute atomic E-state index is 0.129. The molecule has 0 fully saturated rings. The third-order valence-electron chi connectivity index (χ3n) is 3.63. The van der Waals surface area contributed by atoms with Crippen LogP contribution in [0.15, 0.2) is 30.3 Å². The predicted octanol–water partition coefficient (Wildman–Crippen LogP) is 1.67. The lowest BCUT2D eigenvalue weighted by Gasteiger charge is -2.18. The average molecular weight is 316 g/mol. The van der Waals surface area contributed by atoms with E-state index in [0.717, 1.165) is 5.56 Å². The highest BCUT2D eigenvalue weighted by Crippen LogP contribution is 2.19. The van der Waals surface area contributed by atoms with Gasteiger partial charge >= 0.3 is 12.1 Å². The summed E-state index contributed by atoms with van der Waals surface area (Å²) in [5.41, 5.74) is 0.879. The number of anilines is 1. The minimum atomic E-state index is -0.845. The molecule has 0 radical (unpaired) electrons. The molecule has 3 rings (SSSR count). The molecular weight excluding hydrogens is 300 g/mol. The maximum absolute atomic E-state index is 11.8. The molecule has 0 spiro atoms. The van der Waals surface area contributed by atoms with Crippen LogP contribution in [0.2, 0.25) is 0 Å². The van der Waals surface area contributed by atoms with Crippen LogP contribution in [0, 0.1) is 5.92 Å². The molecule has 1 aliphatic heterocycles. The molecule has 0 bridgehead atoms. The molecule has 2 aromatic rings. The Hall–Kier alpha value is -2.90. The number of nitrogens with one attached hydrogen (secondary N) is 1. The molecule has 1 unspecified atom stereocenters. The Morgan fingerprint density at radius 1 is 1.35 bits per heavy atom. The van der Waals surface area contributed by atoms with E-state index in [4.69, 9.17) is 9.84 Å². The Kier molecular flexibility index (Phi) is 4.22. The van der Waals surface area contributed by atoms with Crippen molar-refractivity contribution in [1.82, 2.24) is 14.8 Å². The first-order chi connectivity index (χ1) is 11.1. The van der Waals surface area contributed by atoms with Crippen molar-refractivity contribution in [2.45, 2.75) is 26.0 Å².